The van der Waals surface area contributed by atoms with E-state index < -0.39 is 17.4 Å². The van der Waals surface area contributed by atoms with Crippen LogP contribution in [0.15, 0.2) is 24.3 Å². The highest BCUT2D eigenvalue weighted by Gasteiger charge is 2.36. The molecular formula is C11H9F3N4. The maximum atomic E-state index is 12.8. The van der Waals surface area contributed by atoms with Crippen molar-refractivity contribution in [1.29, 1.82) is 10.8 Å². The number of nitrogens with zero attached hydrogens (tertiary/aromatic N) is 2. The molecule has 0 saturated heterocycles. The second kappa shape index (κ2) is 3.94. The first-order valence-corrected chi connectivity index (χ1v) is 5.01. The summed E-state index contributed by atoms with van der Waals surface area (Å²) >= 11 is 0. The van der Waals surface area contributed by atoms with Crippen molar-refractivity contribution in [2.75, 3.05) is 0 Å². The topological polar surface area (TPSA) is 65.5 Å². The lowest BCUT2D eigenvalue weighted by molar-refractivity contribution is -0.142. The minimum atomic E-state index is -4.71. The van der Waals surface area contributed by atoms with Crippen LogP contribution in [0.1, 0.15) is 12.6 Å². The largest absolute Gasteiger partial charge is 0.437 e. The third-order valence-corrected chi connectivity index (χ3v) is 2.41. The maximum absolute atomic E-state index is 12.8. The maximum Gasteiger partial charge on any atom is 0.437 e. The second-order valence-electron chi connectivity index (χ2n) is 3.72. The summed E-state index contributed by atoms with van der Waals surface area (Å²) in [4.78, 5) is 3.46. The first-order valence-electron chi connectivity index (χ1n) is 5.01. The van der Waals surface area contributed by atoms with Gasteiger partial charge >= 0.3 is 6.18 Å². The molecule has 0 fully saturated rings. The van der Waals surface area contributed by atoms with Crippen molar-refractivity contribution in [2.24, 2.45) is 0 Å². The average Bonchev–Trinajstić information content (AvgIpc) is 2.26. The Bertz CT molecular complexity index is 685. The molecule has 4 nitrogen and oxygen atoms in total. The van der Waals surface area contributed by atoms with Crippen LogP contribution in [0.4, 0.5) is 13.2 Å². The average molecular weight is 254 g/mol. The van der Waals surface area contributed by atoms with Crippen LogP contribution < -0.4 is 5.49 Å². The van der Waals surface area contributed by atoms with Gasteiger partial charge in [0, 0.05) is 0 Å². The molecule has 0 bridgehead atoms. The molecule has 1 heterocycles. The van der Waals surface area contributed by atoms with Gasteiger partial charge in [-0.25, -0.2) is 4.98 Å². The first kappa shape index (κ1) is 12.3. The fourth-order valence-electron chi connectivity index (χ4n) is 1.69. The normalized spacial score (nSPS) is 11.8. The molecule has 0 spiro atoms. The molecule has 0 amide bonds. The van der Waals surface area contributed by atoms with Crippen molar-refractivity contribution >= 4 is 16.9 Å². The van der Waals surface area contributed by atoms with Crippen LogP contribution in [0, 0.1) is 10.8 Å². The molecule has 2 aromatic rings. The summed E-state index contributed by atoms with van der Waals surface area (Å²) in [5, 5.41) is 15.1. The SMILES string of the molecule is CC(=N)n1c(=N)c(C(F)(F)F)nc2ccccc21. The van der Waals surface area contributed by atoms with Crippen LogP contribution in [0.5, 0.6) is 0 Å². The lowest BCUT2D eigenvalue weighted by Gasteiger charge is -2.13. The van der Waals surface area contributed by atoms with E-state index in [4.69, 9.17) is 10.8 Å². The van der Waals surface area contributed by atoms with Gasteiger partial charge in [-0.3, -0.25) is 15.4 Å². The number of alkyl halides is 3. The Hall–Kier alpha value is -2.18. The Morgan fingerprint density at radius 3 is 2.44 bits per heavy atom. The molecule has 0 unspecified atom stereocenters. The molecule has 0 atom stereocenters. The summed E-state index contributed by atoms with van der Waals surface area (Å²) in [6, 6.07) is 6.13. The van der Waals surface area contributed by atoms with Gasteiger partial charge in [0.15, 0.2) is 11.2 Å². The highest BCUT2D eigenvalue weighted by Crippen LogP contribution is 2.26. The monoisotopic (exact) mass is 254 g/mol. The Kier molecular flexibility index (Phi) is 2.68. The van der Waals surface area contributed by atoms with Gasteiger partial charge in [-0.2, -0.15) is 13.2 Å². The highest BCUT2D eigenvalue weighted by atomic mass is 19.4. The fourth-order valence-corrected chi connectivity index (χ4v) is 1.69. The lowest BCUT2D eigenvalue weighted by atomic mass is 10.2. The van der Waals surface area contributed by atoms with Crippen LogP contribution >= 0.6 is 0 Å². The van der Waals surface area contributed by atoms with Crippen LogP contribution in [0.3, 0.4) is 0 Å². The summed E-state index contributed by atoms with van der Waals surface area (Å²) in [6.45, 7) is 1.32. The zero-order valence-electron chi connectivity index (χ0n) is 9.34. The molecule has 94 valence electrons. The van der Waals surface area contributed by atoms with E-state index in [9.17, 15) is 13.2 Å². The molecule has 0 aliphatic carbocycles. The van der Waals surface area contributed by atoms with Gasteiger partial charge in [0.05, 0.1) is 11.0 Å². The van der Waals surface area contributed by atoms with Gasteiger partial charge < -0.3 is 0 Å². The van der Waals surface area contributed by atoms with E-state index >= 15 is 0 Å². The smallest absolute Gasteiger partial charge is 0.288 e. The second-order valence-corrected chi connectivity index (χ2v) is 3.72. The molecule has 1 aromatic heterocycles. The van der Waals surface area contributed by atoms with Gasteiger partial charge in [0.2, 0.25) is 0 Å². The van der Waals surface area contributed by atoms with Gasteiger partial charge in [-0.15, -0.1) is 0 Å². The van der Waals surface area contributed by atoms with Crippen LogP contribution in [0.2, 0.25) is 0 Å². The van der Waals surface area contributed by atoms with E-state index in [1.54, 1.807) is 12.1 Å². The summed E-state index contributed by atoms with van der Waals surface area (Å²) in [7, 11) is 0. The van der Waals surface area contributed by atoms with E-state index in [1.807, 2.05) is 0 Å². The van der Waals surface area contributed by atoms with Gasteiger partial charge in [0.25, 0.3) is 0 Å². The van der Waals surface area contributed by atoms with Crippen molar-refractivity contribution in [3.8, 4) is 0 Å². The Morgan fingerprint density at radius 2 is 1.89 bits per heavy atom. The quantitative estimate of drug-likeness (QED) is 0.550. The predicted octanol–water partition coefficient (Wildman–Crippen LogP) is 2.38. The van der Waals surface area contributed by atoms with Crippen molar-refractivity contribution in [3.63, 3.8) is 0 Å². The Morgan fingerprint density at radius 1 is 1.28 bits per heavy atom. The van der Waals surface area contributed by atoms with Gasteiger partial charge in [-0.1, -0.05) is 12.1 Å². The lowest BCUT2D eigenvalue weighted by Crippen LogP contribution is -2.33. The first-order chi connectivity index (χ1) is 8.32. The van der Waals surface area contributed by atoms with E-state index in [1.165, 1.54) is 19.1 Å². The summed E-state index contributed by atoms with van der Waals surface area (Å²) in [5.74, 6) is -0.163. The van der Waals surface area contributed by atoms with Gasteiger partial charge in [-0.05, 0) is 19.1 Å². The van der Waals surface area contributed by atoms with E-state index in [2.05, 4.69) is 4.98 Å². The number of aromatic nitrogens is 2. The number of hydrogen-bond donors (Lipinski definition) is 2. The Balaban J connectivity index is 2.98. The summed E-state index contributed by atoms with van der Waals surface area (Å²) in [5.41, 5.74) is -1.70. The van der Waals surface area contributed by atoms with E-state index in [0.717, 1.165) is 4.57 Å². The molecule has 1 aromatic carbocycles. The number of nitrogens with one attached hydrogen (secondary N) is 2. The third-order valence-electron chi connectivity index (χ3n) is 2.41. The van der Waals surface area contributed by atoms with Crippen molar-refractivity contribution in [1.82, 2.24) is 9.55 Å². The summed E-state index contributed by atoms with van der Waals surface area (Å²) < 4.78 is 39.2. The minimum absolute atomic E-state index is 0.104. The molecule has 0 aliphatic rings. The minimum Gasteiger partial charge on any atom is -0.288 e. The predicted molar refractivity (Wildman–Crippen MR) is 59.4 cm³/mol. The van der Waals surface area contributed by atoms with E-state index in [0.29, 0.717) is 5.52 Å². The number of fused-ring (bicyclic) bond motifs is 1. The van der Waals surface area contributed by atoms with Crippen molar-refractivity contribution < 1.29 is 13.2 Å². The number of para-hydroxylation sites is 2. The molecule has 2 N–H and O–H groups in total. The van der Waals surface area contributed by atoms with E-state index in [-0.39, 0.29) is 11.4 Å². The molecule has 18 heavy (non-hydrogen) atoms. The highest BCUT2D eigenvalue weighted by molar-refractivity contribution is 5.89. The van der Waals surface area contributed by atoms with Crippen molar-refractivity contribution in [2.45, 2.75) is 13.1 Å². The van der Waals surface area contributed by atoms with Crippen molar-refractivity contribution in [3.05, 3.63) is 35.4 Å². The zero-order chi connectivity index (χ0) is 13.5. The molecule has 0 aliphatic heterocycles. The van der Waals surface area contributed by atoms with Crippen LogP contribution in [-0.4, -0.2) is 15.4 Å². The number of hydrogen-bond acceptors (Lipinski definition) is 3. The number of benzene rings is 1. The number of halogens is 3. The van der Waals surface area contributed by atoms with Crippen LogP contribution in [-0.2, 0) is 6.18 Å². The fraction of sp³-hybridized carbons (Fsp3) is 0.182. The van der Waals surface area contributed by atoms with Crippen LogP contribution in [0.25, 0.3) is 11.0 Å². The molecule has 0 radical (unpaired) electrons. The molecule has 0 saturated carbocycles. The van der Waals surface area contributed by atoms with Gasteiger partial charge in [0.1, 0.15) is 5.84 Å². The summed E-state index contributed by atoms with van der Waals surface area (Å²) in [6.07, 6.45) is -4.71. The molecule has 7 heteroatoms. The Labute approximate surface area is 99.7 Å². The third kappa shape index (κ3) is 1.87. The zero-order valence-corrected chi connectivity index (χ0v) is 9.34. The molecule has 2 rings (SSSR count). The standard InChI is InChI=1S/C11H9F3N4/c1-6(15)18-8-5-3-2-4-7(8)17-9(10(18)16)11(12,13)14/h2-5,15-16H,1H3. The number of rotatable bonds is 0. The molecular weight excluding hydrogens is 245 g/mol.